The average Bonchev–Trinajstić information content (AvgIpc) is 2.40. The first kappa shape index (κ1) is 12.4. The molecule has 0 atom stereocenters. The highest BCUT2D eigenvalue weighted by atomic mass is 14.0. The Morgan fingerprint density at radius 1 is 1.00 bits per heavy atom. The first-order valence-corrected chi connectivity index (χ1v) is 6.20. The average molecular weight is 234 g/mol. The van der Waals surface area contributed by atoms with Crippen LogP contribution in [0.25, 0.3) is 16.7 Å². The summed E-state index contributed by atoms with van der Waals surface area (Å²) < 4.78 is 0. The zero-order valence-corrected chi connectivity index (χ0v) is 11.0. The zero-order chi connectivity index (χ0) is 13.0. The van der Waals surface area contributed by atoms with Gasteiger partial charge in [0.05, 0.1) is 0 Å². The molecule has 18 heavy (non-hydrogen) atoms. The monoisotopic (exact) mass is 234 g/mol. The molecular formula is C18H18. The fourth-order valence-electron chi connectivity index (χ4n) is 1.94. The Hall–Kier alpha value is -2.08. The molecule has 0 aromatic heterocycles. The van der Waals surface area contributed by atoms with Crippen LogP contribution in [0.1, 0.15) is 18.1 Å². The van der Waals surface area contributed by atoms with Gasteiger partial charge >= 0.3 is 0 Å². The molecule has 0 nitrogen and oxygen atoms in total. The van der Waals surface area contributed by atoms with Crippen LogP contribution in [0.15, 0.2) is 67.3 Å². The Balaban J connectivity index is 2.38. The number of allylic oxidation sites excluding steroid dienone is 3. The molecule has 0 fully saturated rings. The highest BCUT2D eigenvalue weighted by Gasteiger charge is 2.00. The highest BCUT2D eigenvalue weighted by molar-refractivity contribution is 5.76. The molecule has 0 unspecified atom stereocenters. The summed E-state index contributed by atoms with van der Waals surface area (Å²) in [5.74, 6) is 0. The number of benzene rings is 2. The van der Waals surface area contributed by atoms with Crippen LogP contribution < -0.4 is 0 Å². The maximum atomic E-state index is 4.08. The molecular weight excluding hydrogens is 216 g/mol. The number of hydrogen-bond acceptors (Lipinski definition) is 0. The van der Waals surface area contributed by atoms with Crippen LogP contribution in [-0.4, -0.2) is 0 Å². The van der Waals surface area contributed by atoms with Crippen molar-refractivity contribution in [1.29, 1.82) is 0 Å². The van der Waals surface area contributed by atoms with E-state index in [0.29, 0.717) is 0 Å². The van der Waals surface area contributed by atoms with Crippen LogP contribution in [0, 0.1) is 6.92 Å². The predicted molar refractivity (Wildman–Crippen MR) is 80.5 cm³/mol. The van der Waals surface area contributed by atoms with Crippen molar-refractivity contribution in [2.75, 3.05) is 0 Å². The minimum atomic E-state index is 1.05. The lowest BCUT2D eigenvalue weighted by Gasteiger charge is -2.06. The standard InChI is InChI=1S/C18H18/c1-4-6-15(3)17-7-5-8-18(13-17)16-11-9-14(2)10-12-16/h4-13H,3H2,1-2H3. The van der Waals surface area contributed by atoms with Gasteiger partial charge in [-0.2, -0.15) is 0 Å². The molecule has 0 bridgehead atoms. The van der Waals surface area contributed by atoms with Crippen molar-refractivity contribution in [3.8, 4) is 11.1 Å². The Kier molecular flexibility index (Phi) is 3.78. The van der Waals surface area contributed by atoms with E-state index in [4.69, 9.17) is 0 Å². The lowest BCUT2D eigenvalue weighted by Crippen LogP contribution is -1.83. The van der Waals surface area contributed by atoms with Crippen molar-refractivity contribution in [2.45, 2.75) is 13.8 Å². The van der Waals surface area contributed by atoms with E-state index in [2.05, 4.69) is 62.0 Å². The van der Waals surface area contributed by atoms with Gasteiger partial charge in [-0.25, -0.2) is 0 Å². The molecule has 0 saturated carbocycles. The van der Waals surface area contributed by atoms with Gasteiger partial charge in [-0.3, -0.25) is 0 Å². The lowest BCUT2D eigenvalue weighted by atomic mass is 9.99. The van der Waals surface area contributed by atoms with E-state index < -0.39 is 0 Å². The largest absolute Gasteiger partial charge is 0.0912 e. The second kappa shape index (κ2) is 5.50. The fourth-order valence-corrected chi connectivity index (χ4v) is 1.94. The molecule has 0 spiro atoms. The summed E-state index contributed by atoms with van der Waals surface area (Å²) in [4.78, 5) is 0. The topological polar surface area (TPSA) is 0 Å². The molecule has 2 aromatic rings. The summed E-state index contributed by atoms with van der Waals surface area (Å²) in [6.07, 6.45) is 4.05. The van der Waals surface area contributed by atoms with Gasteiger partial charge in [0.2, 0.25) is 0 Å². The number of hydrogen-bond donors (Lipinski definition) is 0. The van der Waals surface area contributed by atoms with Gasteiger partial charge in [-0.05, 0) is 42.2 Å². The first-order valence-electron chi connectivity index (χ1n) is 6.20. The summed E-state index contributed by atoms with van der Waals surface area (Å²) in [7, 11) is 0. The third kappa shape index (κ3) is 2.78. The van der Waals surface area contributed by atoms with Crippen molar-refractivity contribution in [3.05, 3.63) is 78.4 Å². The molecule has 0 radical (unpaired) electrons. The van der Waals surface area contributed by atoms with Gasteiger partial charge in [-0.15, -0.1) is 0 Å². The molecule has 0 aliphatic carbocycles. The number of aryl methyl sites for hydroxylation is 1. The second-order valence-electron chi connectivity index (χ2n) is 4.47. The molecule has 2 aromatic carbocycles. The van der Waals surface area contributed by atoms with Gasteiger partial charge in [0.1, 0.15) is 0 Å². The summed E-state index contributed by atoms with van der Waals surface area (Å²) in [6, 6.07) is 17.1. The summed E-state index contributed by atoms with van der Waals surface area (Å²) in [5, 5.41) is 0. The second-order valence-corrected chi connectivity index (χ2v) is 4.47. The molecule has 0 N–H and O–H groups in total. The number of rotatable bonds is 3. The van der Waals surface area contributed by atoms with Gasteiger partial charge < -0.3 is 0 Å². The third-order valence-corrected chi connectivity index (χ3v) is 2.99. The summed E-state index contributed by atoms with van der Waals surface area (Å²) >= 11 is 0. The zero-order valence-electron chi connectivity index (χ0n) is 11.0. The smallest absolute Gasteiger partial charge is 0.0178 e. The Morgan fingerprint density at radius 3 is 2.39 bits per heavy atom. The molecule has 0 heteroatoms. The molecule has 0 amide bonds. The van der Waals surface area contributed by atoms with Crippen LogP contribution in [0.2, 0.25) is 0 Å². The maximum absolute atomic E-state index is 4.08. The quantitative estimate of drug-likeness (QED) is 0.636. The van der Waals surface area contributed by atoms with Crippen molar-refractivity contribution < 1.29 is 0 Å². The first-order chi connectivity index (χ1) is 8.70. The van der Waals surface area contributed by atoms with Crippen LogP contribution in [0.4, 0.5) is 0 Å². The van der Waals surface area contributed by atoms with Crippen molar-refractivity contribution >= 4 is 5.57 Å². The molecule has 0 saturated heterocycles. The van der Waals surface area contributed by atoms with E-state index in [0.717, 1.165) is 5.57 Å². The Morgan fingerprint density at radius 2 is 1.72 bits per heavy atom. The fraction of sp³-hybridized carbons (Fsp3) is 0.111. The van der Waals surface area contributed by atoms with Gasteiger partial charge in [-0.1, -0.05) is 66.8 Å². The minimum absolute atomic E-state index is 1.05. The van der Waals surface area contributed by atoms with Gasteiger partial charge in [0, 0.05) is 0 Å². The third-order valence-electron chi connectivity index (χ3n) is 2.99. The van der Waals surface area contributed by atoms with E-state index in [-0.39, 0.29) is 0 Å². The Bertz CT molecular complexity index is 571. The molecule has 0 aliphatic heterocycles. The van der Waals surface area contributed by atoms with Crippen LogP contribution in [0.3, 0.4) is 0 Å². The molecule has 0 aliphatic rings. The summed E-state index contributed by atoms with van der Waals surface area (Å²) in [5.41, 5.74) is 5.99. The Labute approximate surface area is 109 Å². The van der Waals surface area contributed by atoms with E-state index in [1.807, 2.05) is 19.1 Å². The maximum Gasteiger partial charge on any atom is -0.0178 e. The van der Waals surface area contributed by atoms with E-state index in [1.165, 1.54) is 22.3 Å². The van der Waals surface area contributed by atoms with E-state index in [1.54, 1.807) is 0 Å². The minimum Gasteiger partial charge on any atom is -0.0912 e. The van der Waals surface area contributed by atoms with Crippen LogP contribution >= 0.6 is 0 Å². The normalized spacial score (nSPS) is 10.8. The van der Waals surface area contributed by atoms with Gasteiger partial charge in [0.15, 0.2) is 0 Å². The van der Waals surface area contributed by atoms with Crippen LogP contribution in [-0.2, 0) is 0 Å². The SMILES string of the molecule is C=C(C=CC)c1cccc(-c2ccc(C)cc2)c1. The van der Waals surface area contributed by atoms with Crippen molar-refractivity contribution in [1.82, 2.24) is 0 Å². The van der Waals surface area contributed by atoms with Gasteiger partial charge in [0.25, 0.3) is 0 Å². The van der Waals surface area contributed by atoms with Crippen LogP contribution in [0.5, 0.6) is 0 Å². The van der Waals surface area contributed by atoms with E-state index in [9.17, 15) is 0 Å². The van der Waals surface area contributed by atoms with E-state index >= 15 is 0 Å². The lowest BCUT2D eigenvalue weighted by molar-refractivity contribution is 1.47. The highest BCUT2D eigenvalue weighted by Crippen LogP contribution is 2.24. The molecule has 90 valence electrons. The molecule has 2 rings (SSSR count). The van der Waals surface area contributed by atoms with Crippen molar-refractivity contribution in [3.63, 3.8) is 0 Å². The van der Waals surface area contributed by atoms with Crippen molar-refractivity contribution in [2.24, 2.45) is 0 Å². The predicted octanol–water partition coefficient (Wildman–Crippen LogP) is 5.25. The summed E-state index contributed by atoms with van der Waals surface area (Å²) in [6.45, 7) is 8.19. The molecule has 0 heterocycles.